The Bertz CT molecular complexity index is 169. The van der Waals surface area contributed by atoms with Gasteiger partial charge in [-0.05, 0) is 19.8 Å². The molecule has 1 aliphatic rings. The summed E-state index contributed by atoms with van der Waals surface area (Å²) in [6, 6.07) is 0.147. The van der Waals surface area contributed by atoms with Gasteiger partial charge in [-0.1, -0.05) is 15.9 Å². The van der Waals surface area contributed by atoms with Gasteiger partial charge in [0.2, 0.25) is 5.91 Å². The molecule has 0 bridgehead atoms. The fourth-order valence-corrected chi connectivity index (χ4v) is 1.86. The molecule has 0 radical (unpaired) electrons. The van der Waals surface area contributed by atoms with Crippen LogP contribution in [0.1, 0.15) is 26.2 Å². The number of carbonyl (C=O) groups excluding carboxylic acids is 1. The van der Waals surface area contributed by atoms with Crippen molar-refractivity contribution in [1.29, 1.82) is 0 Å². The van der Waals surface area contributed by atoms with E-state index in [4.69, 9.17) is 4.74 Å². The molecule has 1 rings (SSSR count). The molecule has 1 saturated heterocycles. The van der Waals surface area contributed by atoms with Crippen LogP contribution in [-0.4, -0.2) is 30.0 Å². The summed E-state index contributed by atoms with van der Waals surface area (Å²) < 4.78 is 5.47. The van der Waals surface area contributed by atoms with Gasteiger partial charge in [0, 0.05) is 18.4 Å². The van der Waals surface area contributed by atoms with Gasteiger partial charge in [0.1, 0.15) is 0 Å². The number of nitrogens with one attached hydrogen (secondary N) is 1. The minimum Gasteiger partial charge on any atom is -0.376 e. The normalized spacial score (nSPS) is 24.3. The third-order valence-electron chi connectivity index (χ3n) is 2.23. The highest BCUT2D eigenvalue weighted by Gasteiger charge is 2.23. The quantitative estimate of drug-likeness (QED) is 0.767. The summed E-state index contributed by atoms with van der Waals surface area (Å²) in [6.07, 6.45) is 2.94. The van der Waals surface area contributed by atoms with E-state index in [1.54, 1.807) is 0 Å². The highest BCUT2D eigenvalue weighted by molar-refractivity contribution is 9.09. The Morgan fingerprint density at radius 1 is 1.77 bits per heavy atom. The summed E-state index contributed by atoms with van der Waals surface area (Å²) in [7, 11) is 0. The highest BCUT2D eigenvalue weighted by atomic mass is 79.9. The maximum atomic E-state index is 11.2. The second-order valence-corrected chi connectivity index (χ2v) is 4.14. The molecular weight excluding hydrogens is 234 g/mol. The van der Waals surface area contributed by atoms with Gasteiger partial charge >= 0.3 is 0 Å². The third kappa shape index (κ3) is 3.65. The average Bonchev–Trinajstić information content (AvgIpc) is 2.55. The van der Waals surface area contributed by atoms with Gasteiger partial charge in [-0.15, -0.1) is 0 Å². The SMILES string of the molecule is CC(NC(=O)CCBr)C1CCCO1. The maximum absolute atomic E-state index is 11.2. The van der Waals surface area contributed by atoms with E-state index in [1.165, 1.54) is 0 Å². The molecule has 1 fully saturated rings. The van der Waals surface area contributed by atoms with Crippen LogP contribution < -0.4 is 5.32 Å². The number of hydrogen-bond acceptors (Lipinski definition) is 2. The highest BCUT2D eigenvalue weighted by Crippen LogP contribution is 2.15. The topological polar surface area (TPSA) is 38.3 Å². The molecule has 13 heavy (non-hydrogen) atoms. The summed E-state index contributed by atoms with van der Waals surface area (Å²) in [4.78, 5) is 11.2. The fraction of sp³-hybridized carbons (Fsp3) is 0.889. The van der Waals surface area contributed by atoms with Crippen molar-refractivity contribution in [3.8, 4) is 0 Å². The first-order valence-electron chi connectivity index (χ1n) is 4.71. The smallest absolute Gasteiger partial charge is 0.221 e. The Morgan fingerprint density at radius 2 is 2.54 bits per heavy atom. The van der Waals surface area contributed by atoms with Crippen molar-refractivity contribution in [1.82, 2.24) is 5.32 Å². The first kappa shape index (κ1) is 11.0. The standard InChI is InChI=1S/C9H16BrNO2/c1-7(8-3-2-6-13-8)11-9(12)4-5-10/h7-8H,2-6H2,1H3,(H,11,12). The van der Waals surface area contributed by atoms with Gasteiger partial charge in [-0.2, -0.15) is 0 Å². The molecule has 0 aromatic heterocycles. The largest absolute Gasteiger partial charge is 0.376 e. The van der Waals surface area contributed by atoms with Crippen molar-refractivity contribution >= 4 is 21.8 Å². The molecule has 0 aromatic rings. The lowest BCUT2D eigenvalue weighted by Gasteiger charge is -2.19. The third-order valence-corrected chi connectivity index (χ3v) is 2.63. The Morgan fingerprint density at radius 3 is 3.08 bits per heavy atom. The van der Waals surface area contributed by atoms with Crippen LogP contribution in [0, 0.1) is 0 Å². The summed E-state index contributed by atoms with van der Waals surface area (Å²) in [5.74, 6) is 0.0971. The summed E-state index contributed by atoms with van der Waals surface area (Å²) in [5, 5.41) is 3.65. The average molecular weight is 250 g/mol. The molecule has 1 heterocycles. The van der Waals surface area contributed by atoms with Crippen molar-refractivity contribution in [2.45, 2.75) is 38.3 Å². The zero-order valence-corrected chi connectivity index (χ0v) is 9.47. The van der Waals surface area contributed by atoms with Crippen molar-refractivity contribution in [3.05, 3.63) is 0 Å². The van der Waals surface area contributed by atoms with Gasteiger partial charge < -0.3 is 10.1 Å². The molecule has 0 spiro atoms. The number of alkyl halides is 1. The predicted molar refractivity (Wildman–Crippen MR) is 55.0 cm³/mol. The zero-order valence-electron chi connectivity index (χ0n) is 7.88. The van der Waals surface area contributed by atoms with Crippen molar-refractivity contribution < 1.29 is 9.53 Å². The zero-order chi connectivity index (χ0) is 9.68. The molecule has 2 atom stereocenters. The van der Waals surface area contributed by atoms with E-state index >= 15 is 0 Å². The monoisotopic (exact) mass is 249 g/mol. The van der Waals surface area contributed by atoms with Crippen molar-refractivity contribution in [3.63, 3.8) is 0 Å². The Hall–Kier alpha value is -0.0900. The molecule has 1 amide bonds. The molecule has 0 aromatic carbocycles. The number of hydrogen-bond donors (Lipinski definition) is 1. The second-order valence-electron chi connectivity index (χ2n) is 3.35. The van der Waals surface area contributed by atoms with Crippen molar-refractivity contribution in [2.24, 2.45) is 0 Å². The number of amides is 1. The van der Waals surface area contributed by atoms with Gasteiger partial charge in [-0.25, -0.2) is 0 Å². The van der Waals surface area contributed by atoms with E-state index in [0.29, 0.717) is 6.42 Å². The van der Waals surface area contributed by atoms with Crippen LogP contribution in [0.3, 0.4) is 0 Å². The van der Waals surface area contributed by atoms with Crippen LogP contribution in [0.25, 0.3) is 0 Å². The molecule has 3 nitrogen and oxygen atoms in total. The van der Waals surface area contributed by atoms with Gasteiger partial charge in [0.15, 0.2) is 0 Å². The molecule has 0 saturated carbocycles. The van der Waals surface area contributed by atoms with Crippen LogP contribution >= 0.6 is 15.9 Å². The second kappa shape index (κ2) is 5.60. The predicted octanol–water partition coefficient (Wildman–Crippen LogP) is 1.46. The molecule has 1 N–H and O–H groups in total. The Balaban J connectivity index is 2.22. The molecule has 4 heteroatoms. The fourth-order valence-electron chi connectivity index (χ4n) is 1.50. The van der Waals surface area contributed by atoms with E-state index in [-0.39, 0.29) is 18.1 Å². The summed E-state index contributed by atoms with van der Waals surface area (Å²) in [5.41, 5.74) is 0. The van der Waals surface area contributed by atoms with E-state index in [1.807, 2.05) is 6.92 Å². The first-order valence-corrected chi connectivity index (χ1v) is 5.83. The maximum Gasteiger partial charge on any atom is 0.221 e. The lowest BCUT2D eigenvalue weighted by Crippen LogP contribution is -2.40. The van der Waals surface area contributed by atoms with E-state index in [0.717, 1.165) is 24.8 Å². The number of halogens is 1. The van der Waals surface area contributed by atoms with Crippen LogP contribution in [0.15, 0.2) is 0 Å². The molecular formula is C9H16BrNO2. The van der Waals surface area contributed by atoms with Gasteiger partial charge in [0.05, 0.1) is 12.1 Å². The molecule has 2 unspecified atom stereocenters. The minimum atomic E-state index is 0.0971. The first-order chi connectivity index (χ1) is 6.24. The van der Waals surface area contributed by atoms with E-state index in [2.05, 4.69) is 21.2 Å². The number of carbonyl (C=O) groups is 1. The van der Waals surface area contributed by atoms with Crippen LogP contribution in [-0.2, 0) is 9.53 Å². The molecule has 76 valence electrons. The van der Waals surface area contributed by atoms with Crippen molar-refractivity contribution in [2.75, 3.05) is 11.9 Å². The lowest BCUT2D eigenvalue weighted by molar-refractivity contribution is -0.122. The Labute approximate surface area is 87.3 Å². The van der Waals surface area contributed by atoms with Gasteiger partial charge in [0.25, 0.3) is 0 Å². The van der Waals surface area contributed by atoms with E-state index in [9.17, 15) is 4.79 Å². The summed E-state index contributed by atoms with van der Waals surface area (Å²) >= 11 is 3.23. The molecule has 1 aliphatic heterocycles. The lowest BCUT2D eigenvalue weighted by atomic mass is 10.1. The van der Waals surface area contributed by atoms with Crippen LogP contribution in [0.4, 0.5) is 0 Å². The minimum absolute atomic E-state index is 0.0971. The number of rotatable bonds is 4. The molecule has 0 aliphatic carbocycles. The van der Waals surface area contributed by atoms with E-state index < -0.39 is 0 Å². The van der Waals surface area contributed by atoms with Crippen LogP contribution in [0.2, 0.25) is 0 Å². The summed E-state index contributed by atoms with van der Waals surface area (Å²) in [6.45, 7) is 2.84. The number of ether oxygens (including phenoxy) is 1. The van der Waals surface area contributed by atoms with Gasteiger partial charge in [-0.3, -0.25) is 4.79 Å². The van der Waals surface area contributed by atoms with Crippen LogP contribution in [0.5, 0.6) is 0 Å². The Kier molecular flexibility index (Phi) is 4.73.